The molecule has 0 radical (unpaired) electrons. The van der Waals surface area contributed by atoms with E-state index < -0.39 is 0 Å². The molecule has 0 saturated carbocycles. The summed E-state index contributed by atoms with van der Waals surface area (Å²) in [5, 5.41) is 10.2. The predicted octanol–water partition coefficient (Wildman–Crippen LogP) is 3.39. The fraction of sp³-hybridized carbons (Fsp3) is 0.550. The van der Waals surface area contributed by atoms with Gasteiger partial charge in [0.25, 0.3) is 5.91 Å². The van der Waals surface area contributed by atoms with Gasteiger partial charge in [0.05, 0.1) is 13.2 Å². The van der Waals surface area contributed by atoms with Crippen molar-refractivity contribution >= 4 is 22.4 Å². The zero-order chi connectivity index (χ0) is 19.9. The molecule has 1 aliphatic heterocycles. The van der Waals surface area contributed by atoms with Crippen LogP contribution in [0, 0.1) is 6.92 Å². The highest BCUT2D eigenvalue weighted by atomic mass is 32.1. The highest BCUT2D eigenvalue weighted by Crippen LogP contribution is 2.29. The van der Waals surface area contributed by atoms with Gasteiger partial charge in [-0.25, -0.2) is 0 Å². The maximum absolute atomic E-state index is 13.0. The lowest BCUT2D eigenvalue weighted by atomic mass is 10.1. The van der Waals surface area contributed by atoms with Crippen LogP contribution < -0.4 is 14.4 Å². The van der Waals surface area contributed by atoms with E-state index in [1.165, 1.54) is 0 Å². The van der Waals surface area contributed by atoms with Crippen LogP contribution in [-0.2, 0) is 0 Å². The van der Waals surface area contributed by atoms with Gasteiger partial charge < -0.3 is 19.3 Å². The van der Waals surface area contributed by atoms with Gasteiger partial charge in [0, 0.05) is 31.7 Å². The Balaban J connectivity index is 1.64. The van der Waals surface area contributed by atoms with Crippen molar-refractivity contribution in [1.82, 2.24) is 15.1 Å². The molecular formula is C20H28N4O3S. The van der Waals surface area contributed by atoms with Crippen molar-refractivity contribution in [2.75, 3.05) is 44.3 Å². The molecule has 0 bridgehead atoms. The third kappa shape index (κ3) is 4.92. The molecule has 0 atom stereocenters. The van der Waals surface area contributed by atoms with Crippen LogP contribution in [-0.4, -0.2) is 60.4 Å². The first-order valence-electron chi connectivity index (χ1n) is 9.86. The number of amides is 1. The molecule has 1 saturated heterocycles. The summed E-state index contributed by atoms with van der Waals surface area (Å²) >= 11 is 1.59. The summed E-state index contributed by atoms with van der Waals surface area (Å²) in [6.07, 6.45) is 2.06. The Morgan fingerprint density at radius 3 is 2.54 bits per heavy atom. The Morgan fingerprint density at radius 2 is 1.89 bits per heavy atom. The van der Waals surface area contributed by atoms with Crippen molar-refractivity contribution in [3.8, 4) is 11.5 Å². The maximum atomic E-state index is 13.0. The van der Waals surface area contributed by atoms with Gasteiger partial charge in [-0.05, 0) is 38.5 Å². The van der Waals surface area contributed by atoms with Gasteiger partial charge in [-0.1, -0.05) is 24.7 Å². The van der Waals surface area contributed by atoms with Crippen molar-refractivity contribution in [3.05, 3.63) is 28.8 Å². The van der Waals surface area contributed by atoms with E-state index in [1.807, 2.05) is 30.9 Å². The molecule has 0 unspecified atom stereocenters. The molecule has 0 N–H and O–H groups in total. The molecule has 0 spiro atoms. The lowest BCUT2D eigenvalue weighted by Gasteiger charge is -2.34. The lowest BCUT2D eigenvalue weighted by Crippen LogP contribution is -2.48. The number of anilines is 1. The number of piperazine rings is 1. The second-order valence-corrected chi connectivity index (χ2v) is 7.84. The molecule has 0 aliphatic carbocycles. The number of hydrogen-bond donors (Lipinski definition) is 0. The first-order chi connectivity index (χ1) is 13.6. The average Bonchev–Trinajstić information content (AvgIpc) is 3.15. The van der Waals surface area contributed by atoms with Crippen LogP contribution in [0.5, 0.6) is 11.5 Å². The Labute approximate surface area is 170 Å². The molecule has 2 heterocycles. The summed E-state index contributed by atoms with van der Waals surface area (Å²) in [6.45, 7) is 10.0. The lowest BCUT2D eigenvalue weighted by molar-refractivity contribution is 0.0746. The number of aryl methyl sites for hydroxylation is 1. The molecule has 7 nitrogen and oxygen atoms in total. The van der Waals surface area contributed by atoms with Crippen molar-refractivity contribution in [1.29, 1.82) is 0 Å². The topological polar surface area (TPSA) is 67.8 Å². The standard InChI is InChI=1S/C20H28N4O3S/c1-4-6-13-27-17-8-7-16(14-18(17)26-5-2)19(25)23-9-11-24(12-10-23)20-22-21-15(3)28-20/h7-8,14H,4-6,9-13H2,1-3H3. The fourth-order valence-corrected chi connectivity index (χ4v) is 3.79. The highest BCUT2D eigenvalue weighted by molar-refractivity contribution is 7.15. The van der Waals surface area contributed by atoms with E-state index in [2.05, 4.69) is 22.0 Å². The Morgan fingerprint density at radius 1 is 1.11 bits per heavy atom. The monoisotopic (exact) mass is 404 g/mol. The largest absolute Gasteiger partial charge is 0.490 e. The van der Waals surface area contributed by atoms with Gasteiger partial charge in [-0.15, -0.1) is 10.2 Å². The second-order valence-electron chi connectivity index (χ2n) is 6.68. The van der Waals surface area contributed by atoms with Crippen LogP contribution in [0.1, 0.15) is 42.1 Å². The van der Waals surface area contributed by atoms with Gasteiger partial charge in [0.2, 0.25) is 5.13 Å². The SMILES string of the molecule is CCCCOc1ccc(C(=O)N2CCN(c3nnc(C)s3)CC2)cc1OCC. The minimum absolute atomic E-state index is 0.0224. The van der Waals surface area contributed by atoms with Crippen molar-refractivity contribution < 1.29 is 14.3 Å². The van der Waals surface area contributed by atoms with E-state index in [0.717, 1.165) is 36.1 Å². The minimum atomic E-state index is 0.0224. The third-order valence-electron chi connectivity index (χ3n) is 4.60. The van der Waals surface area contributed by atoms with E-state index in [1.54, 1.807) is 17.4 Å². The number of nitrogens with zero attached hydrogens (tertiary/aromatic N) is 4. The normalized spacial score (nSPS) is 14.2. The van der Waals surface area contributed by atoms with Gasteiger partial charge in [0.1, 0.15) is 5.01 Å². The van der Waals surface area contributed by atoms with Crippen LogP contribution in [0.3, 0.4) is 0 Å². The molecular weight excluding hydrogens is 376 g/mol. The van der Waals surface area contributed by atoms with Crippen LogP contribution >= 0.6 is 11.3 Å². The van der Waals surface area contributed by atoms with Crippen LogP contribution in [0.2, 0.25) is 0 Å². The maximum Gasteiger partial charge on any atom is 0.254 e. The van der Waals surface area contributed by atoms with E-state index in [9.17, 15) is 4.79 Å². The Hall–Kier alpha value is -2.35. The molecule has 1 aromatic heterocycles. The zero-order valence-electron chi connectivity index (χ0n) is 16.8. The summed E-state index contributed by atoms with van der Waals surface area (Å²) in [5.41, 5.74) is 0.631. The van der Waals surface area contributed by atoms with E-state index >= 15 is 0 Å². The summed E-state index contributed by atoms with van der Waals surface area (Å²) in [7, 11) is 0. The number of rotatable bonds is 8. The Kier molecular flexibility index (Phi) is 7.08. The molecule has 2 aromatic rings. The summed E-state index contributed by atoms with van der Waals surface area (Å²) in [6, 6.07) is 5.47. The number of ether oxygens (including phenoxy) is 2. The molecule has 1 fully saturated rings. The van der Waals surface area contributed by atoms with E-state index in [-0.39, 0.29) is 5.91 Å². The summed E-state index contributed by atoms with van der Waals surface area (Å²) < 4.78 is 11.5. The molecule has 1 aromatic carbocycles. The summed E-state index contributed by atoms with van der Waals surface area (Å²) in [5.74, 6) is 1.35. The average molecular weight is 405 g/mol. The molecule has 28 heavy (non-hydrogen) atoms. The molecule has 3 rings (SSSR count). The second kappa shape index (κ2) is 9.73. The first kappa shape index (κ1) is 20.4. The number of aromatic nitrogens is 2. The van der Waals surface area contributed by atoms with Crippen molar-refractivity contribution in [3.63, 3.8) is 0 Å². The van der Waals surface area contributed by atoms with Crippen molar-refractivity contribution in [2.45, 2.75) is 33.6 Å². The van der Waals surface area contributed by atoms with Gasteiger partial charge >= 0.3 is 0 Å². The Bertz CT molecular complexity index is 788. The van der Waals surface area contributed by atoms with Gasteiger partial charge in [0.15, 0.2) is 11.5 Å². The van der Waals surface area contributed by atoms with Gasteiger partial charge in [-0.2, -0.15) is 0 Å². The number of unbranched alkanes of at least 4 members (excludes halogenated alkanes) is 1. The first-order valence-corrected chi connectivity index (χ1v) is 10.7. The summed E-state index contributed by atoms with van der Waals surface area (Å²) in [4.78, 5) is 17.0. The quantitative estimate of drug-likeness (QED) is 0.628. The van der Waals surface area contributed by atoms with Crippen LogP contribution in [0.15, 0.2) is 18.2 Å². The molecule has 152 valence electrons. The van der Waals surface area contributed by atoms with Crippen LogP contribution in [0.4, 0.5) is 5.13 Å². The molecule has 1 aliphatic rings. The molecule has 8 heteroatoms. The van der Waals surface area contributed by atoms with Crippen LogP contribution in [0.25, 0.3) is 0 Å². The van der Waals surface area contributed by atoms with E-state index in [4.69, 9.17) is 9.47 Å². The van der Waals surface area contributed by atoms with Gasteiger partial charge in [-0.3, -0.25) is 4.79 Å². The molecule has 1 amide bonds. The zero-order valence-corrected chi connectivity index (χ0v) is 17.6. The van der Waals surface area contributed by atoms with E-state index in [0.29, 0.717) is 43.4 Å². The number of benzene rings is 1. The fourth-order valence-electron chi connectivity index (χ4n) is 3.05. The number of carbonyl (C=O) groups is 1. The number of hydrogen-bond acceptors (Lipinski definition) is 7. The minimum Gasteiger partial charge on any atom is -0.490 e. The predicted molar refractivity (Wildman–Crippen MR) is 111 cm³/mol. The highest BCUT2D eigenvalue weighted by Gasteiger charge is 2.24. The third-order valence-corrected chi connectivity index (χ3v) is 5.50. The smallest absolute Gasteiger partial charge is 0.254 e. The number of carbonyl (C=O) groups excluding carboxylic acids is 1. The van der Waals surface area contributed by atoms with Crippen molar-refractivity contribution in [2.24, 2.45) is 0 Å².